The number of anilines is 1. The molecule has 3 rings (SSSR count). The quantitative estimate of drug-likeness (QED) is 0.893. The predicted molar refractivity (Wildman–Crippen MR) is 89.9 cm³/mol. The Labute approximate surface area is 137 Å². The van der Waals surface area contributed by atoms with Crippen LogP contribution >= 0.6 is 0 Å². The zero-order chi connectivity index (χ0) is 16.1. The highest BCUT2D eigenvalue weighted by Gasteiger charge is 2.20. The molecule has 1 atom stereocenters. The van der Waals surface area contributed by atoms with Gasteiger partial charge in [0.25, 0.3) is 0 Å². The van der Waals surface area contributed by atoms with Crippen LogP contribution in [0, 0.1) is 0 Å². The molecule has 1 heterocycles. The van der Waals surface area contributed by atoms with E-state index >= 15 is 0 Å². The maximum atomic E-state index is 12.4. The van der Waals surface area contributed by atoms with Crippen molar-refractivity contribution in [1.29, 1.82) is 0 Å². The zero-order valence-electron chi connectivity index (χ0n) is 13.8. The van der Waals surface area contributed by atoms with Crippen molar-refractivity contribution in [2.45, 2.75) is 64.0 Å². The average molecular weight is 318 g/mol. The molecule has 0 aromatic heterocycles. The van der Waals surface area contributed by atoms with Gasteiger partial charge in [-0.1, -0.05) is 32.1 Å². The lowest BCUT2D eigenvalue weighted by atomic mass is 9.96. The van der Waals surface area contributed by atoms with E-state index in [1.807, 2.05) is 25.1 Å². The Morgan fingerprint density at radius 3 is 2.57 bits per heavy atom. The van der Waals surface area contributed by atoms with Crippen molar-refractivity contribution in [1.82, 2.24) is 5.32 Å². The first-order chi connectivity index (χ1) is 11.2. The zero-order valence-corrected chi connectivity index (χ0v) is 13.8. The number of benzene rings is 1. The highest BCUT2D eigenvalue weighted by atomic mass is 16.7. The molecule has 5 heteroatoms. The van der Waals surface area contributed by atoms with E-state index in [1.54, 1.807) is 0 Å². The molecule has 1 aromatic rings. The highest BCUT2D eigenvalue weighted by Crippen LogP contribution is 2.34. The fourth-order valence-electron chi connectivity index (χ4n) is 3.28. The Balaban J connectivity index is 1.52. The van der Waals surface area contributed by atoms with Gasteiger partial charge in [0.05, 0.1) is 6.04 Å². The smallest absolute Gasteiger partial charge is 0.241 e. The van der Waals surface area contributed by atoms with E-state index < -0.39 is 0 Å². The van der Waals surface area contributed by atoms with E-state index in [-0.39, 0.29) is 18.7 Å². The number of ether oxygens (including phenoxy) is 2. The molecule has 2 N–H and O–H groups in total. The van der Waals surface area contributed by atoms with E-state index in [1.165, 1.54) is 44.9 Å². The van der Waals surface area contributed by atoms with Crippen LogP contribution in [0.5, 0.6) is 11.5 Å². The van der Waals surface area contributed by atoms with Gasteiger partial charge in [-0.3, -0.25) is 4.79 Å². The van der Waals surface area contributed by atoms with Gasteiger partial charge in [-0.15, -0.1) is 0 Å². The maximum absolute atomic E-state index is 12.4. The van der Waals surface area contributed by atoms with Crippen LogP contribution in [-0.4, -0.2) is 24.8 Å². The molecule has 1 aliphatic heterocycles. The summed E-state index contributed by atoms with van der Waals surface area (Å²) in [5.41, 5.74) is 0.741. The number of fused-ring (bicyclic) bond motifs is 1. The molecule has 5 nitrogen and oxygen atoms in total. The lowest BCUT2D eigenvalue weighted by Crippen LogP contribution is -2.44. The normalized spacial score (nSPS) is 19.7. The first-order valence-corrected chi connectivity index (χ1v) is 8.69. The Hall–Kier alpha value is -1.75. The molecule has 0 spiro atoms. The van der Waals surface area contributed by atoms with Crippen molar-refractivity contribution in [2.24, 2.45) is 0 Å². The maximum Gasteiger partial charge on any atom is 0.241 e. The molecule has 126 valence electrons. The fraction of sp³-hybridized carbons (Fsp3) is 0.611. The Morgan fingerprint density at radius 2 is 1.78 bits per heavy atom. The minimum Gasteiger partial charge on any atom is -0.454 e. The highest BCUT2D eigenvalue weighted by molar-refractivity contribution is 5.94. The van der Waals surface area contributed by atoms with Crippen molar-refractivity contribution in [3.05, 3.63) is 18.2 Å². The molecule has 1 aliphatic carbocycles. The molecule has 1 saturated carbocycles. The molecule has 0 saturated heterocycles. The number of nitrogens with one attached hydrogen (secondary N) is 2. The molecule has 23 heavy (non-hydrogen) atoms. The second kappa shape index (κ2) is 7.68. The predicted octanol–water partition coefficient (Wildman–Crippen LogP) is 3.44. The summed E-state index contributed by atoms with van der Waals surface area (Å²) in [6, 6.07) is 5.72. The summed E-state index contributed by atoms with van der Waals surface area (Å²) >= 11 is 0. The number of carbonyl (C=O) groups excluding carboxylic acids is 1. The van der Waals surface area contributed by atoms with Crippen molar-refractivity contribution in [2.75, 3.05) is 12.1 Å². The van der Waals surface area contributed by atoms with E-state index in [0.717, 1.165) is 11.4 Å². The van der Waals surface area contributed by atoms with Gasteiger partial charge >= 0.3 is 0 Å². The van der Waals surface area contributed by atoms with Crippen LogP contribution in [0.25, 0.3) is 0 Å². The Bertz CT molecular complexity index is 539. The molecule has 1 aromatic carbocycles. The molecular weight excluding hydrogens is 292 g/mol. The largest absolute Gasteiger partial charge is 0.454 e. The van der Waals surface area contributed by atoms with E-state index in [4.69, 9.17) is 9.47 Å². The Morgan fingerprint density at radius 1 is 1.09 bits per heavy atom. The topological polar surface area (TPSA) is 59.6 Å². The molecule has 1 amide bonds. The summed E-state index contributed by atoms with van der Waals surface area (Å²) in [6.45, 7) is 2.17. The first-order valence-electron chi connectivity index (χ1n) is 8.69. The second-order valence-electron chi connectivity index (χ2n) is 6.49. The van der Waals surface area contributed by atoms with Crippen LogP contribution in [0.1, 0.15) is 51.9 Å². The Kier molecular flexibility index (Phi) is 5.39. The van der Waals surface area contributed by atoms with Gasteiger partial charge in [0, 0.05) is 17.8 Å². The van der Waals surface area contributed by atoms with Crippen LogP contribution in [0.3, 0.4) is 0 Å². The van der Waals surface area contributed by atoms with Gasteiger partial charge in [0.2, 0.25) is 12.7 Å². The second-order valence-corrected chi connectivity index (χ2v) is 6.49. The number of rotatable bonds is 4. The molecule has 2 aliphatic rings. The van der Waals surface area contributed by atoms with Crippen LogP contribution in [0.2, 0.25) is 0 Å². The lowest BCUT2D eigenvalue weighted by molar-refractivity contribution is -0.118. The average Bonchev–Trinajstić information content (AvgIpc) is 2.97. The van der Waals surface area contributed by atoms with E-state index in [2.05, 4.69) is 10.6 Å². The number of carbonyl (C=O) groups is 1. The first kappa shape index (κ1) is 16.1. The van der Waals surface area contributed by atoms with Crippen LogP contribution in [0.15, 0.2) is 18.2 Å². The monoisotopic (exact) mass is 318 g/mol. The summed E-state index contributed by atoms with van der Waals surface area (Å²) in [7, 11) is 0. The number of hydrogen-bond donors (Lipinski definition) is 2. The molecule has 0 radical (unpaired) electrons. The third kappa shape index (κ3) is 4.38. The standard InChI is InChI=1S/C18H26N2O3/c1-13(19-14-7-5-3-2-4-6-8-14)18(21)20-15-9-10-16-17(11-15)23-12-22-16/h9-11,13-14,19H,2-8,12H2,1H3,(H,20,21)/t13-/m1/s1. The van der Waals surface area contributed by atoms with Crippen LogP contribution in [-0.2, 0) is 4.79 Å². The third-order valence-corrected chi connectivity index (χ3v) is 4.62. The van der Waals surface area contributed by atoms with Crippen molar-refractivity contribution in [3.63, 3.8) is 0 Å². The van der Waals surface area contributed by atoms with Crippen molar-refractivity contribution >= 4 is 11.6 Å². The van der Waals surface area contributed by atoms with Gasteiger partial charge in [-0.25, -0.2) is 0 Å². The van der Waals surface area contributed by atoms with Gasteiger partial charge in [-0.2, -0.15) is 0 Å². The fourth-order valence-corrected chi connectivity index (χ4v) is 3.28. The number of amides is 1. The molecule has 0 unspecified atom stereocenters. The summed E-state index contributed by atoms with van der Waals surface area (Å²) in [5, 5.41) is 6.44. The lowest BCUT2D eigenvalue weighted by Gasteiger charge is -2.24. The van der Waals surface area contributed by atoms with Gasteiger partial charge in [0.1, 0.15) is 0 Å². The van der Waals surface area contributed by atoms with E-state index in [0.29, 0.717) is 11.8 Å². The van der Waals surface area contributed by atoms with Crippen molar-refractivity contribution in [3.8, 4) is 11.5 Å². The van der Waals surface area contributed by atoms with Gasteiger partial charge < -0.3 is 20.1 Å². The summed E-state index contributed by atoms with van der Waals surface area (Å²) < 4.78 is 10.6. The summed E-state index contributed by atoms with van der Waals surface area (Å²) in [6.07, 6.45) is 8.84. The molecule has 0 bridgehead atoms. The minimum atomic E-state index is -0.204. The van der Waals surface area contributed by atoms with Crippen LogP contribution in [0.4, 0.5) is 5.69 Å². The minimum absolute atomic E-state index is 0.00840. The van der Waals surface area contributed by atoms with Crippen LogP contribution < -0.4 is 20.1 Å². The van der Waals surface area contributed by atoms with Crippen molar-refractivity contribution < 1.29 is 14.3 Å². The van der Waals surface area contributed by atoms with Gasteiger partial charge in [-0.05, 0) is 31.9 Å². The summed E-state index contributed by atoms with van der Waals surface area (Å²) in [4.78, 5) is 12.4. The third-order valence-electron chi connectivity index (χ3n) is 4.62. The molecule has 1 fully saturated rings. The molecular formula is C18H26N2O3. The summed E-state index contributed by atoms with van der Waals surface area (Å²) in [5.74, 6) is 1.40. The number of hydrogen-bond acceptors (Lipinski definition) is 4. The SMILES string of the molecule is C[C@@H](NC1CCCCCCC1)C(=O)Nc1ccc2c(c1)OCO2. The van der Waals surface area contributed by atoms with Gasteiger partial charge in [0.15, 0.2) is 11.5 Å². The van der Waals surface area contributed by atoms with E-state index in [9.17, 15) is 4.79 Å².